The van der Waals surface area contributed by atoms with E-state index in [0.29, 0.717) is 5.92 Å². The van der Waals surface area contributed by atoms with Gasteiger partial charge in [-0.05, 0) is 41.5 Å². The Labute approximate surface area is 224 Å². The van der Waals surface area contributed by atoms with Gasteiger partial charge in [0, 0.05) is 6.92 Å². The Morgan fingerprint density at radius 2 is 1.26 bits per heavy atom. The molecule has 0 aliphatic heterocycles. The maximum atomic E-state index is 13.1. The topological polar surface area (TPSA) is 90.9 Å². The van der Waals surface area contributed by atoms with Gasteiger partial charge in [0.25, 0.3) is 5.72 Å². The Bertz CT molecular complexity index is 1190. The summed E-state index contributed by atoms with van der Waals surface area (Å²) in [6, 6.07) is 25.9. The van der Waals surface area contributed by atoms with Crippen LogP contribution in [-0.4, -0.2) is 23.8 Å². The predicted octanol–water partition coefficient (Wildman–Crippen LogP) is 5.92. The summed E-state index contributed by atoms with van der Waals surface area (Å²) >= 11 is 0. The summed E-state index contributed by atoms with van der Waals surface area (Å²) < 4.78 is 16.3. The summed E-state index contributed by atoms with van der Waals surface area (Å²) in [7, 11) is 0. The first kappa shape index (κ1) is 28.4. The fourth-order valence-corrected chi connectivity index (χ4v) is 3.77. The maximum Gasteiger partial charge on any atom is 0.411 e. The minimum atomic E-state index is -2.11. The van der Waals surface area contributed by atoms with E-state index in [1.54, 1.807) is 31.2 Å². The van der Waals surface area contributed by atoms with Crippen molar-refractivity contribution in [1.82, 2.24) is 5.32 Å². The zero-order valence-electron chi connectivity index (χ0n) is 22.3. The van der Waals surface area contributed by atoms with Crippen LogP contribution in [0.5, 0.6) is 0 Å². The van der Waals surface area contributed by atoms with Gasteiger partial charge in [-0.3, -0.25) is 10.1 Å². The molecule has 0 aliphatic carbocycles. The van der Waals surface area contributed by atoms with Crippen molar-refractivity contribution in [2.75, 3.05) is 0 Å². The molecule has 3 aromatic rings. The number of carbonyl (C=O) groups excluding carboxylic acids is 3. The molecule has 0 radical (unpaired) electrons. The lowest BCUT2D eigenvalue weighted by Crippen LogP contribution is -2.56. The highest BCUT2D eigenvalue weighted by atomic mass is 16.6. The summed E-state index contributed by atoms with van der Waals surface area (Å²) in [4.78, 5) is 38.9. The predicted molar refractivity (Wildman–Crippen MR) is 144 cm³/mol. The number of alkyl carbamates (subject to hydrolysis) is 1. The van der Waals surface area contributed by atoms with Gasteiger partial charge in [-0.2, -0.15) is 0 Å². The van der Waals surface area contributed by atoms with E-state index in [1.165, 1.54) is 12.5 Å². The molecule has 1 amide bonds. The first-order valence-corrected chi connectivity index (χ1v) is 12.7. The molecule has 2 atom stereocenters. The molecule has 0 fully saturated rings. The molecule has 3 rings (SSSR count). The Morgan fingerprint density at radius 3 is 1.79 bits per heavy atom. The molecule has 1 unspecified atom stereocenters. The zero-order valence-corrected chi connectivity index (χ0v) is 22.3. The number of amides is 1. The molecule has 0 aromatic heterocycles. The third-order valence-corrected chi connectivity index (χ3v) is 5.94. The SMILES string of the molecule is CC(C)Cc1ccc(C(C)C(=O)O[C@](C)(NC(=O)OCc2ccccc2)C(=O)OCc2ccccc2)cc1. The molecule has 0 spiro atoms. The first-order valence-electron chi connectivity index (χ1n) is 12.7. The summed E-state index contributed by atoms with van der Waals surface area (Å²) in [6.45, 7) is 7.17. The molecule has 38 heavy (non-hydrogen) atoms. The Morgan fingerprint density at radius 1 is 0.737 bits per heavy atom. The van der Waals surface area contributed by atoms with Gasteiger partial charge in [-0.15, -0.1) is 0 Å². The van der Waals surface area contributed by atoms with Crippen LogP contribution >= 0.6 is 0 Å². The second-order valence-electron chi connectivity index (χ2n) is 9.76. The lowest BCUT2D eigenvalue weighted by atomic mass is 9.97. The summed E-state index contributed by atoms with van der Waals surface area (Å²) in [5.74, 6) is -1.79. The molecule has 0 heterocycles. The van der Waals surface area contributed by atoms with E-state index in [9.17, 15) is 14.4 Å². The van der Waals surface area contributed by atoms with E-state index < -0.39 is 29.7 Å². The Hall–Kier alpha value is -4.13. The van der Waals surface area contributed by atoms with Crippen molar-refractivity contribution in [3.63, 3.8) is 0 Å². The molecule has 200 valence electrons. The second kappa shape index (κ2) is 13.4. The molecule has 0 aliphatic rings. The van der Waals surface area contributed by atoms with Gasteiger partial charge >= 0.3 is 18.0 Å². The monoisotopic (exact) mass is 517 g/mol. The van der Waals surface area contributed by atoms with Crippen molar-refractivity contribution < 1.29 is 28.6 Å². The van der Waals surface area contributed by atoms with Gasteiger partial charge in [0.1, 0.15) is 13.2 Å². The quantitative estimate of drug-likeness (QED) is 0.193. The Kier molecular flexibility index (Phi) is 10.0. The molecule has 0 saturated heterocycles. The number of ether oxygens (including phenoxy) is 3. The lowest BCUT2D eigenvalue weighted by Gasteiger charge is -2.29. The van der Waals surface area contributed by atoms with Crippen LogP contribution in [0.3, 0.4) is 0 Å². The number of rotatable bonds is 11. The number of nitrogens with one attached hydrogen (secondary N) is 1. The van der Waals surface area contributed by atoms with E-state index >= 15 is 0 Å². The van der Waals surface area contributed by atoms with Crippen LogP contribution in [0.4, 0.5) is 4.79 Å². The highest BCUT2D eigenvalue weighted by Crippen LogP contribution is 2.22. The van der Waals surface area contributed by atoms with Gasteiger partial charge in [-0.1, -0.05) is 98.8 Å². The maximum absolute atomic E-state index is 13.1. The summed E-state index contributed by atoms with van der Waals surface area (Å²) in [5, 5.41) is 2.39. The number of hydrogen-bond acceptors (Lipinski definition) is 6. The van der Waals surface area contributed by atoms with Crippen LogP contribution in [0.15, 0.2) is 84.9 Å². The normalized spacial score (nSPS) is 13.2. The average molecular weight is 518 g/mol. The van der Waals surface area contributed by atoms with E-state index in [2.05, 4.69) is 19.2 Å². The average Bonchev–Trinajstić information content (AvgIpc) is 2.91. The smallest absolute Gasteiger partial charge is 0.411 e. The lowest BCUT2D eigenvalue weighted by molar-refractivity contribution is -0.185. The number of esters is 2. The minimum absolute atomic E-state index is 0.0190. The van der Waals surface area contributed by atoms with Gasteiger partial charge < -0.3 is 14.2 Å². The second-order valence-corrected chi connectivity index (χ2v) is 9.76. The van der Waals surface area contributed by atoms with Crippen molar-refractivity contribution in [2.24, 2.45) is 5.92 Å². The first-order chi connectivity index (χ1) is 18.2. The molecule has 1 N–H and O–H groups in total. The third-order valence-electron chi connectivity index (χ3n) is 5.94. The number of carbonyl (C=O) groups is 3. The van der Waals surface area contributed by atoms with Crippen LogP contribution in [0.25, 0.3) is 0 Å². The molecule has 7 nitrogen and oxygen atoms in total. The molecule has 0 bridgehead atoms. The van der Waals surface area contributed by atoms with Crippen LogP contribution in [0, 0.1) is 5.92 Å². The van der Waals surface area contributed by atoms with Crippen molar-refractivity contribution in [3.05, 3.63) is 107 Å². The van der Waals surface area contributed by atoms with Gasteiger partial charge in [0.05, 0.1) is 5.92 Å². The number of benzene rings is 3. The highest BCUT2D eigenvalue weighted by molar-refractivity contribution is 5.88. The van der Waals surface area contributed by atoms with E-state index in [0.717, 1.165) is 23.1 Å². The fourth-order valence-electron chi connectivity index (χ4n) is 3.77. The fraction of sp³-hybridized carbons (Fsp3) is 0.323. The van der Waals surface area contributed by atoms with Gasteiger partial charge in [0.15, 0.2) is 0 Å². The largest absolute Gasteiger partial charge is 0.456 e. The van der Waals surface area contributed by atoms with Crippen molar-refractivity contribution in [1.29, 1.82) is 0 Å². The Balaban J connectivity index is 1.71. The third kappa shape index (κ3) is 8.47. The van der Waals surface area contributed by atoms with E-state index in [4.69, 9.17) is 14.2 Å². The van der Waals surface area contributed by atoms with Crippen molar-refractivity contribution in [2.45, 2.75) is 59.0 Å². The van der Waals surface area contributed by atoms with Crippen LogP contribution in [0.2, 0.25) is 0 Å². The standard InChI is InChI=1S/C31H35NO6/c1-22(2)19-24-15-17-27(18-16-24)23(3)28(33)38-31(4,29(34)36-20-25-11-7-5-8-12-25)32-30(35)37-21-26-13-9-6-10-14-26/h5-18,22-23H,19-21H2,1-4H3,(H,32,35)/t23?,31-/m0/s1. The van der Waals surface area contributed by atoms with Crippen LogP contribution < -0.4 is 5.32 Å². The minimum Gasteiger partial charge on any atom is -0.456 e. The zero-order chi connectivity index (χ0) is 27.5. The van der Waals surface area contributed by atoms with E-state index in [-0.39, 0.29) is 13.2 Å². The highest BCUT2D eigenvalue weighted by Gasteiger charge is 2.42. The molecular weight excluding hydrogens is 482 g/mol. The van der Waals surface area contributed by atoms with Crippen molar-refractivity contribution in [3.8, 4) is 0 Å². The molecule has 0 saturated carbocycles. The summed E-state index contributed by atoms with van der Waals surface area (Å²) in [5.41, 5.74) is 1.31. The molecular formula is C31H35NO6. The van der Waals surface area contributed by atoms with Crippen molar-refractivity contribution >= 4 is 18.0 Å². The van der Waals surface area contributed by atoms with Gasteiger partial charge in [-0.25, -0.2) is 9.59 Å². The van der Waals surface area contributed by atoms with E-state index in [1.807, 2.05) is 60.7 Å². The van der Waals surface area contributed by atoms with Crippen LogP contribution in [-0.2, 0) is 43.4 Å². The van der Waals surface area contributed by atoms with Gasteiger partial charge in [0.2, 0.25) is 0 Å². The molecule has 7 heteroatoms. The summed E-state index contributed by atoms with van der Waals surface area (Å²) in [6.07, 6.45) is 0.00547. The van der Waals surface area contributed by atoms with Crippen LogP contribution in [0.1, 0.15) is 55.9 Å². The number of hydrogen-bond donors (Lipinski definition) is 1. The molecule has 3 aromatic carbocycles.